The van der Waals surface area contributed by atoms with Gasteiger partial charge in [-0.2, -0.15) is 5.10 Å². The fourth-order valence-electron chi connectivity index (χ4n) is 1.92. The van der Waals surface area contributed by atoms with E-state index < -0.39 is 10.0 Å². The lowest BCUT2D eigenvalue weighted by Gasteiger charge is -2.05. The zero-order chi connectivity index (χ0) is 14.4. The van der Waals surface area contributed by atoms with Crippen LogP contribution in [0.1, 0.15) is 24.6 Å². The van der Waals surface area contributed by atoms with E-state index in [1.165, 1.54) is 0 Å². The van der Waals surface area contributed by atoms with Crippen molar-refractivity contribution in [1.29, 1.82) is 0 Å². The number of rotatable bonds is 7. The number of aromatic amines is 1. The summed E-state index contributed by atoms with van der Waals surface area (Å²) in [4.78, 5) is 0. The highest BCUT2D eigenvalue weighted by Gasteiger charge is 2.12. The summed E-state index contributed by atoms with van der Waals surface area (Å²) < 4.78 is 26.4. The van der Waals surface area contributed by atoms with E-state index in [9.17, 15) is 8.42 Å². The minimum absolute atomic E-state index is 0.0486. The Bertz CT molecular complexity index is 635. The van der Waals surface area contributed by atoms with Crippen LogP contribution in [0, 0.1) is 0 Å². The fraction of sp³-hybridized carbons (Fsp3) is 0.357. The molecule has 5 nitrogen and oxygen atoms in total. The molecule has 0 aliphatic rings. The Kier molecular flexibility index (Phi) is 4.79. The second-order valence-electron chi connectivity index (χ2n) is 4.68. The molecule has 0 unspecified atom stereocenters. The molecule has 108 valence electrons. The molecule has 2 N–H and O–H groups in total. The van der Waals surface area contributed by atoms with Crippen molar-refractivity contribution >= 4 is 15.8 Å². The van der Waals surface area contributed by atoms with Crippen molar-refractivity contribution < 1.29 is 8.42 Å². The van der Waals surface area contributed by atoms with Gasteiger partial charge in [-0.15, -0.1) is 0 Å². The molecule has 0 amide bonds. The van der Waals surface area contributed by atoms with Crippen molar-refractivity contribution in [3.8, 4) is 0 Å². The summed E-state index contributed by atoms with van der Waals surface area (Å²) in [6.07, 6.45) is 2.34. The number of aromatic nitrogens is 2. The average molecular weight is 293 g/mol. The van der Waals surface area contributed by atoms with Crippen molar-refractivity contribution in [2.24, 2.45) is 0 Å². The van der Waals surface area contributed by atoms with E-state index in [2.05, 4.69) is 21.8 Å². The molecule has 0 aliphatic heterocycles. The molecule has 1 heterocycles. The van der Waals surface area contributed by atoms with Gasteiger partial charge in [0, 0.05) is 11.8 Å². The van der Waals surface area contributed by atoms with Crippen LogP contribution < -0.4 is 4.72 Å². The molecular weight excluding hydrogens is 274 g/mol. The number of hydrogen-bond acceptors (Lipinski definition) is 3. The lowest BCUT2D eigenvalue weighted by atomic mass is 10.2. The number of H-pyrrole nitrogens is 1. The molecule has 6 heteroatoms. The van der Waals surface area contributed by atoms with E-state index >= 15 is 0 Å². The standard InChI is InChI=1S/C14H19N3O2S/c1-2-6-13-11-14(16-15-13)17-20(18,19)10-9-12-7-4-3-5-8-12/h3-5,7-8,11H,2,6,9-10H2,1H3,(H2,15,16,17). The maximum atomic E-state index is 12.0. The number of benzene rings is 1. The van der Waals surface area contributed by atoms with Crippen molar-refractivity contribution in [3.05, 3.63) is 47.7 Å². The van der Waals surface area contributed by atoms with Crippen LogP contribution in [0.5, 0.6) is 0 Å². The number of hydrogen-bond donors (Lipinski definition) is 2. The highest BCUT2D eigenvalue weighted by Crippen LogP contribution is 2.10. The first-order valence-corrected chi connectivity index (χ1v) is 8.33. The molecule has 0 spiro atoms. The molecule has 1 aromatic carbocycles. The molecular formula is C14H19N3O2S. The van der Waals surface area contributed by atoms with Gasteiger partial charge in [0.2, 0.25) is 10.0 Å². The van der Waals surface area contributed by atoms with Crippen molar-refractivity contribution in [1.82, 2.24) is 10.2 Å². The van der Waals surface area contributed by atoms with Gasteiger partial charge in [-0.05, 0) is 18.4 Å². The van der Waals surface area contributed by atoms with E-state index in [1.807, 2.05) is 30.3 Å². The predicted octanol–water partition coefficient (Wildman–Crippen LogP) is 2.35. The lowest BCUT2D eigenvalue weighted by Crippen LogP contribution is -2.18. The van der Waals surface area contributed by atoms with Crippen molar-refractivity contribution in [2.45, 2.75) is 26.2 Å². The Hall–Kier alpha value is -1.82. The third kappa shape index (κ3) is 4.38. The molecule has 0 bridgehead atoms. The molecule has 0 radical (unpaired) electrons. The van der Waals surface area contributed by atoms with E-state index in [-0.39, 0.29) is 5.75 Å². The van der Waals surface area contributed by atoms with Crippen molar-refractivity contribution in [2.75, 3.05) is 10.5 Å². The van der Waals surface area contributed by atoms with Crippen LogP contribution in [0.2, 0.25) is 0 Å². The predicted molar refractivity (Wildman–Crippen MR) is 80.1 cm³/mol. The number of aryl methyl sites for hydroxylation is 2. The summed E-state index contributed by atoms with van der Waals surface area (Å²) >= 11 is 0. The molecule has 0 saturated heterocycles. The summed E-state index contributed by atoms with van der Waals surface area (Å²) in [5.41, 5.74) is 1.94. The van der Waals surface area contributed by atoms with Gasteiger partial charge in [0.1, 0.15) is 0 Å². The zero-order valence-electron chi connectivity index (χ0n) is 11.5. The minimum Gasteiger partial charge on any atom is -0.280 e. The van der Waals surface area contributed by atoms with Crippen LogP contribution in [-0.4, -0.2) is 24.4 Å². The van der Waals surface area contributed by atoms with Gasteiger partial charge in [-0.3, -0.25) is 9.82 Å². The van der Waals surface area contributed by atoms with Crippen LogP contribution in [0.25, 0.3) is 0 Å². The van der Waals surface area contributed by atoms with Crippen LogP contribution in [0.4, 0.5) is 5.82 Å². The number of anilines is 1. The van der Waals surface area contributed by atoms with E-state index in [0.29, 0.717) is 12.2 Å². The van der Waals surface area contributed by atoms with Gasteiger partial charge in [0.15, 0.2) is 5.82 Å². The Labute approximate surface area is 119 Å². The smallest absolute Gasteiger partial charge is 0.234 e. The minimum atomic E-state index is -3.37. The molecule has 1 aromatic heterocycles. The molecule has 0 atom stereocenters. The molecule has 2 rings (SSSR count). The summed E-state index contributed by atoms with van der Waals surface area (Å²) in [6, 6.07) is 11.3. The number of nitrogens with one attached hydrogen (secondary N) is 2. The second-order valence-corrected chi connectivity index (χ2v) is 6.53. The van der Waals surface area contributed by atoms with Gasteiger partial charge in [-0.1, -0.05) is 43.7 Å². The van der Waals surface area contributed by atoms with Gasteiger partial charge >= 0.3 is 0 Å². The zero-order valence-corrected chi connectivity index (χ0v) is 12.3. The summed E-state index contributed by atoms with van der Waals surface area (Å²) in [7, 11) is -3.37. The first kappa shape index (κ1) is 14.6. The van der Waals surface area contributed by atoms with E-state index in [4.69, 9.17) is 0 Å². The highest BCUT2D eigenvalue weighted by molar-refractivity contribution is 7.92. The topological polar surface area (TPSA) is 74.8 Å². The summed E-state index contributed by atoms with van der Waals surface area (Å²) in [5, 5.41) is 6.79. The number of nitrogens with zero attached hydrogens (tertiary/aromatic N) is 1. The van der Waals surface area contributed by atoms with Crippen LogP contribution in [-0.2, 0) is 22.9 Å². The Balaban J connectivity index is 1.93. The molecule has 0 aliphatic carbocycles. The SMILES string of the molecule is CCCc1cc(NS(=O)(=O)CCc2ccccc2)n[nH]1. The second kappa shape index (κ2) is 6.56. The molecule has 0 fully saturated rings. The third-order valence-corrected chi connectivity index (χ3v) is 4.17. The molecule has 20 heavy (non-hydrogen) atoms. The monoisotopic (exact) mass is 293 g/mol. The van der Waals surface area contributed by atoms with Gasteiger partial charge in [-0.25, -0.2) is 8.42 Å². The van der Waals surface area contributed by atoms with Crippen LogP contribution in [0.3, 0.4) is 0 Å². The van der Waals surface area contributed by atoms with Gasteiger partial charge in [0.25, 0.3) is 0 Å². The maximum Gasteiger partial charge on any atom is 0.234 e. The highest BCUT2D eigenvalue weighted by atomic mass is 32.2. The van der Waals surface area contributed by atoms with E-state index in [0.717, 1.165) is 24.1 Å². The number of sulfonamides is 1. The molecule has 0 saturated carbocycles. The maximum absolute atomic E-state index is 12.0. The Morgan fingerprint density at radius 1 is 1.20 bits per heavy atom. The van der Waals surface area contributed by atoms with Crippen molar-refractivity contribution in [3.63, 3.8) is 0 Å². The van der Waals surface area contributed by atoms with Crippen LogP contribution in [0.15, 0.2) is 36.4 Å². The van der Waals surface area contributed by atoms with Crippen LogP contribution >= 0.6 is 0 Å². The average Bonchev–Trinajstić information content (AvgIpc) is 2.85. The van der Waals surface area contributed by atoms with E-state index in [1.54, 1.807) is 6.07 Å². The van der Waals surface area contributed by atoms with Gasteiger partial charge < -0.3 is 0 Å². The largest absolute Gasteiger partial charge is 0.280 e. The van der Waals surface area contributed by atoms with Gasteiger partial charge in [0.05, 0.1) is 5.75 Å². The normalized spacial score (nSPS) is 11.4. The molecule has 2 aromatic rings. The Morgan fingerprint density at radius 3 is 2.65 bits per heavy atom. The first-order chi connectivity index (χ1) is 9.59. The Morgan fingerprint density at radius 2 is 1.95 bits per heavy atom. The first-order valence-electron chi connectivity index (χ1n) is 6.68. The fourth-order valence-corrected chi connectivity index (χ4v) is 2.95. The quantitative estimate of drug-likeness (QED) is 0.823. The summed E-state index contributed by atoms with van der Waals surface area (Å²) in [6.45, 7) is 2.06. The summed E-state index contributed by atoms with van der Waals surface area (Å²) in [5.74, 6) is 0.411. The third-order valence-electron chi connectivity index (χ3n) is 2.91. The lowest BCUT2D eigenvalue weighted by molar-refractivity contribution is 0.600.